The van der Waals surface area contributed by atoms with Gasteiger partial charge < -0.3 is 10.1 Å². The van der Waals surface area contributed by atoms with E-state index in [1.54, 1.807) is 4.68 Å². The van der Waals surface area contributed by atoms with Crippen molar-refractivity contribution >= 4 is 5.91 Å². The molecule has 0 saturated heterocycles. The molecule has 1 amide bonds. The standard InChI is InChI=1S/C16H21N5O2/c22-16(17-8-1-9-23-11-14-2-3-14)10-13-4-6-15(7-5-13)21-12-18-19-20-21/h4-7,12,14H,1-3,8-11H2,(H,17,22). The number of hydrogen-bond donors (Lipinski definition) is 1. The van der Waals surface area contributed by atoms with Gasteiger partial charge in [0.05, 0.1) is 12.1 Å². The zero-order chi connectivity index (χ0) is 15.9. The summed E-state index contributed by atoms with van der Waals surface area (Å²) < 4.78 is 7.11. The van der Waals surface area contributed by atoms with Gasteiger partial charge in [-0.05, 0) is 53.3 Å². The average molecular weight is 315 g/mol. The van der Waals surface area contributed by atoms with Crippen LogP contribution >= 0.6 is 0 Å². The van der Waals surface area contributed by atoms with Crippen LogP contribution in [0.15, 0.2) is 30.6 Å². The predicted molar refractivity (Wildman–Crippen MR) is 84.0 cm³/mol. The number of nitrogens with one attached hydrogen (secondary N) is 1. The average Bonchev–Trinajstić information content (AvgIpc) is 3.22. The van der Waals surface area contributed by atoms with Crippen LogP contribution in [0.25, 0.3) is 5.69 Å². The van der Waals surface area contributed by atoms with Crippen LogP contribution in [0, 0.1) is 5.92 Å². The van der Waals surface area contributed by atoms with E-state index in [0.29, 0.717) is 13.0 Å². The number of benzene rings is 1. The van der Waals surface area contributed by atoms with E-state index in [0.717, 1.165) is 36.8 Å². The third-order valence-corrected chi connectivity index (χ3v) is 3.75. The van der Waals surface area contributed by atoms with Gasteiger partial charge in [-0.2, -0.15) is 0 Å². The summed E-state index contributed by atoms with van der Waals surface area (Å²) in [4.78, 5) is 11.9. The van der Waals surface area contributed by atoms with E-state index in [4.69, 9.17) is 4.74 Å². The second-order valence-corrected chi connectivity index (χ2v) is 5.82. The number of carbonyl (C=O) groups excluding carboxylic acids is 1. The Morgan fingerprint density at radius 2 is 2.13 bits per heavy atom. The molecule has 1 N–H and O–H groups in total. The number of hydrogen-bond acceptors (Lipinski definition) is 5. The minimum absolute atomic E-state index is 0.0300. The topological polar surface area (TPSA) is 81.9 Å². The maximum absolute atomic E-state index is 11.9. The smallest absolute Gasteiger partial charge is 0.224 e. The van der Waals surface area contributed by atoms with Gasteiger partial charge >= 0.3 is 0 Å². The normalized spacial score (nSPS) is 13.9. The minimum atomic E-state index is 0.0300. The highest BCUT2D eigenvalue weighted by Gasteiger charge is 2.20. The van der Waals surface area contributed by atoms with Gasteiger partial charge in [-0.1, -0.05) is 12.1 Å². The summed E-state index contributed by atoms with van der Waals surface area (Å²) in [6.07, 6.45) is 5.38. The maximum atomic E-state index is 11.9. The Morgan fingerprint density at radius 1 is 1.30 bits per heavy atom. The highest BCUT2D eigenvalue weighted by atomic mass is 16.5. The monoisotopic (exact) mass is 315 g/mol. The Labute approximate surface area is 135 Å². The van der Waals surface area contributed by atoms with Crippen molar-refractivity contribution in [2.75, 3.05) is 19.8 Å². The second-order valence-electron chi connectivity index (χ2n) is 5.82. The van der Waals surface area contributed by atoms with Crippen LogP contribution in [0.5, 0.6) is 0 Å². The van der Waals surface area contributed by atoms with Crippen molar-refractivity contribution in [1.29, 1.82) is 0 Å². The number of amides is 1. The molecule has 0 aliphatic heterocycles. The van der Waals surface area contributed by atoms with E-state index in [1.165, 1.54) is 19.2 Å². The number of rotatable bonds is 9. The number of ether oxygens (including phenoxy) is 1. The van der Waals surface area contributed by atoms with Crippen LogP contribution in [0.4, 0.5) is 0 Å². The van der Waals surface area contributed by atoms with E-state index in [-0.39, 0.29) is 5.91 Å². The summed E-state index contributed by atoms with van der Waals surface area (Å²) in [5.41, 5.74) is 1.83. The first-order chi connectivity index (χ1) is 11.3. The number of aromatic nitrogens is 4. The molecule has 0 unspecified atom stereocenters. The van der Waals surface area contributed by atoms with Crippen molar-refractivity contribution in [3.05, 3.63) is 36.2 Å². The zero-order valence-electron chi connectivity index (χ0n) is 13.0. The lowest BCUT2D eigenvalue weighted by molar-refractivity contribution is -0.120. The Morgan fingerprint density at radius 3 is 2.83 bits per heavy atom. The lowest BCUT2D eigenvalue weighted by Crippen LogP contribution is -2.26. The fourth-order valence-corrected chi connectivity index (χ4v) is 2.23. The van der Waals surface area contributed by atoms with E-state index in [1.807, 2.05) is 24.3 Å². The first kappa shape index (κ1) is 15.6. The van der Waals surface area contributed by atoms with Crippen LogP contribution in [0.2, 0.25) is 0 Å². The summed E-state index contributed by atoms with van der Waals surface area (Å²) in [6.45, 7) is 2.26. The van der Waals surface area contributed by atoms with E-state index < -0.39 is 0 Å². The third-order valence-electron chi connectivity index (χ3n) is 3.75. The van der Waals surface area contributed by atoms with Crippen LogP contribution in [0.1, 0.15) is 24.8 Å². The van der Waals surface area contributed by atoms with Crippen molar-refractivity contribution in [2.45, 2.75) is 25.7 Å². The van der Waals surface area contributed by atoms with Gasteiger partial charge in [0, 0.05) is 19.8 Å². The Balaban J connectivity index is 1.34. The lowest BCUT2D eigenvalue weighted by Gasteiger charge is -2.07. The molecule has 7 heteroatoms. The molecule has 1 aromatic heterocycles. The van der Waals surface area contributed by atoms with Crippen molar-refractivity contribution in [3.8, 4) is 5.69 Å². The van der Waals surface area contributed by atoms with Crippen LogP contribution < -0.4 is 5.32 Å². The lowest BCUT2D eigenvalue weighted by atomic mass is 10.1. The third kappa shape index (κ3) is 5.14. The van der Waals surface area contributed by atoms with Crippen LogP contribution in [-0.2, 0) is 16.0 Å². The van der Waals surface area contributed by atoms with Crippen molar-refractivity contribution in [3.63, 3.8) is 0 Å². The highest BCUT2D eigenvalue weighted by molar-refractivity contribution is 5.78. The molecular weight excluding hydrogens is 294 g/mol. The molecule has 1 aliphatic rings. The molecule has 7 nitrogen and oxygen atoms in total. The first-order valence-corrected chi connectivity index (χ1v) is 7.98. The number of carbonyl (C=O) groups is 1. The SMILES string of the molecule is O=C(Cc1ccc(-n2cnnn2)cc1)NCCCOCC1CC1. The molecule has 1 aromatic carbocycles. The molecule has 122 valence electrons. The molecule has 3 rings (SSSR count). The molecule has 2 aromatic rings. The molecule has 1 heterocycles. The fourth-order valence-electron chi connectivity index (χ4n) is 2.23. The Hall–Kier alpha value is -2.28. The number of tetrazole rings is 1. The summed E-state index contributed by atoms with van der Waals surface area (Å²) in [7, 11) is 0. The van der Waals surface area contributed by atoms with E-state index >= 15 is 0 Å². The van der Waals surface area contributed by atoms with Crippen LogP contribution in [-0.4, -0.2) is 45.9 Å². The van der Waals surface area contributed by atoms with Gasteiger partial charge in [-0.15, -0.1) is 5.10 Å². The first-order valence-electron chi connectivity index (χ1n) is 7.98. The molecule has 0 bridgehead atoms. The molecule has 1 fully saturated rings. The van der Waals surface area contributed by atoms with Crippen molar-refractivity contribution in [1.82, 2.24) is 25.5 Å². The molecule has 0 atom stereocenters. The minimum Gasteiger partial charge on any atom is -0.381 e. The van der Waals surface area contributed by atoms with E-state index in [2.05, 4.69) is 20.8 Å². The van der Waals surface area contributed by atoms with Gasteiger partial charge in [-0.25, -0.2) is 4.68 Å². The largest absolute Gasteiger partial charge is 0.381 e. The highest BCUT2D eigenvalue weighted by Crippen LogP contribution is 2.28. The second kappa shape index (κ2) is 7.82. The molecule has 1 saturated carbocycles. The Kier molecular flexibility index (Phi) is 5.31. The van der Waals surface area contributed by atoms with Gasteiger partial charge in [0.2, 0.25) is 5.91 Å². The van der Waals surface area contributed by atoms with Crippen molar-refractivity contribution in [2.24, 2.45) is 5.92 Å². The summed E-state index contributed by atoms with van der Waals surface area (Å²) in [6, 6.07) is 7.61. The van der Waals surface area contributed by atoms with E-state index in [9.17, 15) is 4.79 Å². The molecule has 1 aliphatic carbocycles. The maximum Gasteiger partial charge on any atom is 0.224 e. The van der Waals surface area contributed by atoms with Gasteiger partial charge in [-0.3, -0.25) is 4.79 Å². The molecular formula is C16H21N5O2. The molecule has 23 heavy (non-hydrogen) atoms. The number of nitrogens with zero attached hydrogens (tertiary/aromatic N) is 4. The summed E-state index contributed by atoms with van der Waals surface area (Å²) >= 11 is 0. The zero-order valence-corrected chi connectivity index (χ0v) is 13.0. The summed E-state index contributed by atoms with van der Waals surface area (Å²) in [5.74, 6) is 0.822. The fraction of sp³-hybridized carbons (Fsp3) is 0.500. The van der Waals surface area contributed by atoms with Gasteiger partial charge in [0.1, 0.15) is 6.33 Å². The summed E-state index contributed by atoms with van der Waals surface area (Å²) in [5, 5.41) is 13.9. The quantitative estimate of drug-likeness (QED) is 0.702. The van der Waals surface area contributed by atoms with Crippen molar-refractivity contribution < 1.29 is 9.53 Å². The van der Waals surface area contributed by atoms with Crippen LogP contribution in [0.3, 0.4) is 0 Å². The molecule has 0 spiro atoms. The van der Waals surface area contributed by atoms with Gasteiger partial charge in [0.25, 0.3) is 0 Å². The Bertz CT molecular complexity index is 608. The van der Waals surface area contributed by atoms with Gasteiger partial charge in [0.15, 0.2) is 0 Å². The predicted octanol–water partition coefficient (Wildman–Crippen LogP) is 1.14. The molecule has 0 radical (unpaired) electrons.